The predicted molar refractivity (Wildman–Crippen MR) is 70.1 cm³/mol. The van der Waals surface area contributed by atoms with Gasteiger partial charge in [-0.3, -0.25) is 4.90 Å². The second kappa shape index (κ2) is 5.19. The zero-order valence-corrected chi connectivity index (χ0v) is 12.5. The molecule has 0 atom stereocenters. The van der Waals surface area contributed by atoms with Gasteiger partial charge in [0.05, 0.1) is 6.10 Å². The van der Waals surface area contributed by atoms with E-state index in [1.807, 2.05) is 0 Å². The van der Waals surface area contributed by atoms with E-state index in [4.69, 9.17) is 4.74 Å². The maximum absolute atomic E-state index is 5.99. The van der Waals surface area contributed by atoms with Crippen molar-refractivity contribution in [3.8, 4) is 0 Å². The van der Waals surface area contributed by atoms with E-state index in [0.29, 0.717) is 6.10 Å². The van der Waals surface area contributed by atoms with Crippen molar-refractivity contribution >= 4 is 10.2 Å². The lowest BCUT2D eigenvalue weighted by Gasteiger charge is -2.53. The molecular weight excluding hydrogens is 214 g/mol. The quantitative estimate of drug-likeness (QED) is 0.553. The number of hydrogen-bond acceptors (Lipinski definition) is 2. The molecule has 0 aromatic heterocycles. The van der Waals surface area contributed by atoms with E-state index in [2.05, 4.69) is 49.9 Å². The molecule has 0 aliphatic carbocycles. The van der Waals surface area contributed by atoms with Gasteiger partial charge in [0.15, 0.2) is 0 Å². The molecule has 0 spiro atoms. The van der Waals surface area contributed by atoms with E-state index in [1.165, 1.54) is 0 Å². The average Bonchev–Trinajstić information content (AvgIpc) is 2.14. The molecule has 2 nitrogen and oxygen atoms in total. The Bertz CT molecular complexity index is 210. The van der Waals surface area contributed by atoms with Gasteiger partial charge in [-0.15, -0.1) is 0 Å². The molecule has 3 heteroatoms. The van der Waals surface area contributed by atoms with Crippen LogP contribution in [0, 0.1) is 0 Å². The molecular formula is C13H26NOSi. The van der Waals surface area contributed by atoms with Crippen molar-refractivity contribution in [2.24, 2.45) is 0 Å². The molecule has 0 aromatic rings. The Morgan fingerprint density at radius 2 is 1.69 bits per heavy atom. The van der Waals surface area contributed by atoms with Gasteiger partial charge in [-0.05, 0) is 54.0 Å². The Morgan fingerprint density at radius 1 is 1.19 bits per heavy atom. The molecule has 1 aliphatic rings. The van der Waals surface area contributed by atoms with Crippen LogP contribution in [0.2, 0.25) is 6.04 Å². The summed E-state index contributed by atoms with van der Waals surface area (Å²) in [5.74, 6) is 0. The van der Waals surface area contributed by atoms with Crippen LogP contribution >= 0.6 is 0 Å². The number of hydrogen-bond donors (Lipinski definition) is 0. The standard InChI is InChI=1S/C13H26NOSi/c1-12(2)9-11(15-7-6-8-16)10-13(3,4)14(12)5/h11H,6-10H2,1-5H3. The first-order valence-corrected chi connectivity index (χ1v) is 7.00. The first-order chi connectivity index (χ1) is 7.29. The number of ether oxygens (including phenoxy) is 1. The third-order valence-corrected chi connectivity index (χ3v) is 4.30. The van der Waals surface area contributed by atoms with Gasteiger partial charge in [-0.2, -0.15) is 0 Å². The fraction of sp³-hybridized carbons (Fsp3) is 1.00. The minimum Gasteiger partial charge on any atom is -0.378 e. The van der Waals surface area contributed by atoms with Crippen molar-refractivity contribution in [2.75, 3.05) is 13.7 Å². The van der Waals surface area contributed by atoms with Crippen molar-refractivity contribution in [2.45, 2.75) is 70.2 Å². The highest BCUT2D eigenvalue weighted by atomic mass is 28.1. The van der Waals surface area contributed by atoms with Gasteiger partial charge in [-0.25, -0.2) is 0 Å². The minimum atomic E-state index is 0.236. The highest BCUT2D eigenvalue weighted by Crippen LogP contribution is 2.37. The Balaban J connectivity index is 2.57. The monoisotopic (exact) mass is 240 g/mol. The van der Waals surface area contributed by atoms with Crippen LogP contribution in [0.5, 0.6) is 0 Å². The Hall–Kier alpha value is 0.137. The van der Waals surface area contributed by atoms with Gasteiger partial charge in [0.1, 0.15) is 0 Å². The van der Waals surface area contributed by atoms with Crippen LogP contribution in [0.3, 0.4) is 0 Å². The molecule has 1 saturated heterocycles. The topological polar surface area (TPSA) is 12.5 Å². The van der Waals surface area contributed by atoms with Crippen LogP contribution < -0.4 is 0 Å². The fourth-order valence-electron chi connectivity index (χ4n) is 2.72. The van der Waals surface area contributed by atoms with Crippen LogP contribution in [-0.4, -0.2) is 46.0 Å². The van der Waals surface area contributed by atoms with E-state index in [9.17, 15) is 0 Å². The molecule has 3 radical (unpaired) electrons. The lowest BCUT2D eigenvalue weighted by Crippen LogP contribution is -2.60. The van der Waals surface area contributed by atoms with Crippen LogP contribution in [-0.2, 0) is 4.74 Å². The molecule has 0 unspecified atom stereocenters. The smallest absolute Gasteiger partial charge is 0.0610 e. The molecule has 1 fully saturated rings. The zero-order chi connectivity index (χ0) is 12.4. The third-order valence-electron chi connectivity index (χ3n) is 3.95. The molecule has 1 aliphatic heterocycles. The summed E-state index contributed by atoms with van der Waals surface area (Å²) < 4.78 is 5.99. The van der Waals surface area contributed by atoms with Crippen LogP contribution in [0.25, 0.3) is 0 Å². The summed E-state index contributed by atoms with van der Waals surface area (Å²) in [6, 6.07) is 1.03. The first kappa shape index (κ1) is 14.2. The van der Waals surface area contributed by atoms with Crippen molar-refractivity contribution in [3.63, 3.8) is 0 Å². The highest BCUT2D eigenvalue weighted by molar-refractivity contribution is 6.08. The summed E-state index contributed by atoms with van der Waals surface area (Å²) in [6.07, 6.45) is 3.78. The van der Waals surface area contributed by atoms with Crippen molar-refractivity contribution in [1.29, 1.82) is 0 Å². The summed E-state index contributed by atoms with van der Waals surface area (Å²) >= 11 is 0. The van der Waals surface area contributed by atoms with Gasteiger partial charge >= 0.3 is 0 Å². The van der Waals surface area contributed by atoms with Gasteiger partial charge in [0.2, 0.25) is 0 Å². The number of piperidine rings is 1. The van der Waals surface area contributed by atoms with Crippen LogP contribution in [0.4, 0.5) is 0 Å². The zero-order valence-electron chi connectivity index (χ0n) is 11.5. The lowest BCUT2D eigenvalue weighted by molar-refractivity contribution is -0.0911. The minimum absolute atomic E-state index is 0.236. The summed E-state index contributed by atoms with van der Waals surface area (Å²) in [5.41, 5.74) is 0.473. The number of likely N-dealkylation sites (tertiary alicyclic amines) is 1. The van der Waals surface area contributed by atoms with E-state index in [-0.39, 0.29) is 11.1 Å². The molecule has 0 aromatic carbocycles. The molecule has 1 rings (SSSR count). The van der Waals surface area contributed by atoms with Crippen molar-refractivity contribution < 1.29 is 4.74 Å². The van der Waals surface area contributed by atoms with Gasteiger partial charge < -0.3 is 4.74 Å². The predicted octanol–water partition coefficient (Wildman–Crippen LogP) is 2.63. The Morgan fingerprint density at radius 3 is 2.12 bits per heavy atom. The lowest BCUT2D eigenvalue weighted by atomic mass is 9.79. The van der Waals surface area contributed by atoms with Crippen LogP contribution in [0.1, 0.15) is 47.0 Å². The third kappa shape index (κ3) is 3.31. The molecule has 16 heavy (non-hydrogen) atoms. The molecule has 1 heterocycles. The molecule has 0 amide bonds. The first-order valence-electron chi connectivity index (χ1n) is 6.30. The van der Waals surface area contributed by atoms with Crippen LogP contribution in [0.15, 0.2) is 0 Å². The second-order valence-electron chi connectivity index (χ2n) is 6.19. The summed E-state index contributed by atoms with van der Waals surface area (Å²) in [4.78, 5) is 2.49. The Kier molecular flexibility index (Phi) is 4.61. The van der Waals surface area contributed by atoms with E-state index in [1.54, 1.807) is 0 Å². The Labute approximate surface area is 104 Å². The van der Waals surface area contributed by atoms with E-state index >= 15 is 0 Å². The van der Waals surface area contributed by atoms with E-state index < -0.39 is 0 Å². The van der Waals surface area contributed by atoms with E-state index in [0.717, 1.165) is 31.9 Å². The molecule has 93 valence electrons. The average molecular weight is 240 g/mol. The molecule has 0 bridgehead atoms. The second-order valence-corrected chi connectivity index (χ2v) is 6.69. The maximum atomic E-state index is 5.99. The number of nitrogens with zero attached hydrogens (tertiary/aromatic N) is 1. The molecule has 0 N–H and O–H groups in total. The summed E-state index contributed by atoms with van der Waals surface area (Å²) in [7, 11) is 5.72. The van der Waals surface area contributed by atoms with Gasteiger partial charge in [-0.1, -0.05) is 6.04 Å². The summed E-state index contributed by atoms with van der Waals surface area (Å²) in [6.45, 7) is 10.1. The normalized spacial score (nSPS) is 25.9. The molecule has 0 saturated carbocycles. The van der Waals surface area contributed by atoms with Gasteiger partial charge in [0, 0.05) is 27.9 Å². The van der Waals surface area contributed by atoms with Crippen molar-refractivity contribution in [1.82, 2.24) is 4.90 Å². The number of rotatable bonds is 4. The highest BCUT2D eigenvalue weighted by Gasteiger charge is 2.43. The maximum Gasteiger partial charge on any atom is 0.0610 e. The van der Waals surface area contributed by atoms with Gasteiger partial charge in [0.25, 0.3) is 0 Å². The van der Waals surface area contributed by atoms with Crippen molar-refractivity contribution in [3.05, 3.63) is 0 Å². The fourth-order valence-corrected chi connectivity index (χ4v) is 2.86. The largest absolute Gasteiger partial charge is 0.378 e. The summed E-state index contributed by atoms with van der Waals surface area (Å²) in [5, 5.41) is 0. The SMILES string of the molecule is CN1C(C)(C)CC(OCCC[Si])CC1(C)C.